The van der Waals surface area contributed by atoms with Crippen molar-refractivity contribution < 1.29 is 4.52 Å². The number of aromatic nitrogens is 1. The molecule has 0 aromatic carbocycles. The first-order valence-electron chi connectivity index (χ1n) is 8.64. The second-order valence-corrected chi connectivity index (χ2v) is 6.79. The maximum Gasteiger partial charge on any atom is 0.138 e. The Morgan fingerprint density at radius 1 is 1.14 bits per heavy atom. The Morgan fingerprint density at radius 2 is 1.95 bits per heavy atom. The molecular weight excluding hydrogens is 262 g/mol. The second kappa shape index (κ2) is 6.93. The van der Waals surface area contributed by atoms with Gasteiger partial charge in [-0.05, 0) is 52.0 Å². The van der Waals surface area contributed by atoms with Crippen LogP contribution in [-0.2, 0) is 6.54 Å². The summed E-state index contributed by atoms with van der Waals surface area (Å²) in [5, 5.41) is 11.6. The molecule has 3 rings (SSSR count). The zero-order valence-electron chi connectivity index (χ0n) is 13.5. The van der Waals surface area contributed by atoms with Gasteiger partial charge in [-0.1, -0.05) is 24.4 Å². The fourth-order valence-electron chi connectivity index (χ4n) is 4.13. The Kier molecular flexibility index (Phi) is 4.96. The number of nitrogens with one attached hydrogen (secondary N) is 2. The van der Waals surface area contributed by atoms with E-state index in [4.69, 9.17) is 4.52 Å². The van der Waals surface area contributed by atoms with Crippen LogP contribution in [0.15, 0.2) is 4.52 Å². The van der Waals surface area contributed by atoms with E-state index in [0.29, 0.717) is 6.04 Å². The van der Waals surface area contributed by atoms with E-state index in [2.05, 4.69) is 15.8 Å². The third-order valence-corrected chi connectivity index (χ3v) is 5.41. The molecule has 21 heavy (non-hydrogen) atoms. The van der Waals surface area contributed by atoms with Crippen molar-refractivity contribution in [3.8, 4) is 0 Å². The van der Waals surface area contributed by atoms with Gasteiger partial charge in [-0.25, -0.2) is 0 Å². The summed E-state index contributed by atoms with van der Waals surface area (Å²) in [4.78, 5) is 0. The van der Waals surface area contributed by atoms with E-state index >= 15 is 0 Å². The van der Waals surface area contributed by atoms with Gasteiger partial charge in [0.1, 0.15) is 5.76 Å². The number of aryl methyl sites for hydroxylation is 2. The summed E-state index contributed by atoms with van der Waals surface area (Å²) >= 11 is 0. The van der Waals surface area contributed by atoms with Crippen LogP contribution >= 0.6 is 0 Å². The summed E-state index contributed by atoms with van der Waals surface area (Å²) in [7, 11) is 0. The van der Waals surface area contributed by atoms with Crippen LogP contribution in [0, 0.1) is 19.8 Å². The zero-order chi connectivity index (χ0) is 14.7. The van der Waals surface area contributed by atoms with Crippen molar-refractivity contribution in [1.82, 2.24) is 15.8 Å². The van der Waals surface area contributed by atoms with Crippen molar-refractivity contribution in [2.24, 2.45) is 5.92 Å². The summed E-state index contributed by atoms with van der Waals surface area (Å²) in [6, 6.07) is 1.37. The Morgan fingerprint density at radius 3 is 2.67 bits per heavy atom. The zero-order valence-corrected chi connectivity index (χ0v) is 13.5. The van der Waals surface area contributed by atoms with Crippen molar-refractivity contribution >= 4 is 0 Å². The number of hydrogen-bond acceptors (Lipinski definition) is 4. The molecule has 0 spiro atoms. The Bertz CT molecular complexity index is 431. The normalized spacial score (nSPS) is 30.5. The van der Waals surface area contributed by atoms with E-state index in [1.807, 2.05) is 13.8 Å². The first-order valence-corrected chi connectivity index (χ1v) is 8.64. The predicted molar refractivity (Wildman–Crippen MR) is 84.2 cm³/mol. The van der Waals surface area contributed by atoms with E-state index in [1.54, 1.807) is 0 Å². The largest absolute Gasteiger partial charge is 0.361 e. The molecule has 0 amide bonds. The summed E-state index contributed by atoms with van der Waals surface area (Å²) < 4.78 is 5.28. The van der Waals surface area contributed by atoms with Crippen LogP contribution in [0.3, 0.4) is 0 Å². The fraction of sp³-hybridized carbons (Fsp3) is 0.824. The SMILES string of the molecule is Cc1noc(C)c1CNC1CCCCC1C1CCCCN1. The Labute approximate surface area is 128 Å². The van der Waals surface area contributed by atoms with E-state index in [1.165, 1.54) is 57.1 Å². The van der Waals surface area contributed by atoms with Gasteiger partial charge < -0.3 is 15.2 Å². The molecule has 2 aliphatic rings. The molecule has 118 valence electrons. The molecule has 2 fully saturated rings. The molecule has 3 unspecified atom stereocenters. The van der Waals surface area contributed by atoms with Gasteiger partial charge in [-0.2, -0.15) is 0 Å². The fourth-order valence-corrected chi connectivity index (χ4v) is 4.13. The molecule has 4 heteroatoms. The number of rotatable bonds is 4. The summed E-state index contributed by atoms with van der Waals surface area (Å²) in [5.74, 6) is 1.75. The van der Waals surface area contributed by atoms with Gasteiger partial charge in [-0.3, -0.25) is 0 Å². The van der Waals surface area contributed by atoms with E-state index in [-0.39, 0.29) is 0 Å². The minimum absolute atomic E-state index is 0.642. The van der Waals surface area contributed by atoms with Gasteiger partial charge in [0.25, 0.3) is 0 Å². The highest BCUT2D eigenvalue weighted by Crippen LogP contribution is 2.30. The van der Waals surface area contributed by atoms with E-state index < -0.39 is 0 Å². The standard InChI is InChI=1S/C17H29N3O/c1-12-15(13(2)21-20-12)11-19-17-8-4-3-7-14(17)16-9-5-6-10-18-16/h14,16-19H,3-11H2,1-2H3. The van der Waals surface area contributed by atoms with Crippen LogP contribution in [0.4, 0.5) is 0 Å². The highest BCUT2D eigenvalue weighted by atomic mass is 16.5. The van der Waals surface area contributed by atoms with Gasteiger partial charge in [0.2, 0.25) is 0 Å². The molecule has 2 N–H and O–H groups in total. The predicted octanol–water partition coefficient (Wildman–Crippen LogP) is 3.08. The molecule has 1 saturated carbocycles. The van der Waals surface area contributed by atoms with Gasteiger partial charge >= 0.3 is 0 Å². The number of nitrogens with zero attached hydrogens (tertiary/aromatic N) is 1. The van der Waals surface area contributed by atoms with Crippen molar-refractivity contribution in [1.29, 1.82) is 0 Å². The van der Waals surface area contributed by atoms with Crippen LogP contribution in [0.2, 0.25) is 0 Å². The molecule has 1 saturated heterocycles. The molecule has 1 aliphatic heterocycles. The minimum Gasteiger partial charge on any atom is -0.361 e. The molecule has 2 heterocycles. The van der Waals surface area contributed by atoms with Crippen molar-refractivity contribution in [3.05, 3.63) is 17.0 Å². The van der Waals surface area contributed by atoms with Crippen LogP contribution in [0.25, 0.3) is 0 Å². The molecule has 0 radical (unpaired) electrons. The van der Waals surface area contributed by atoms with Gasteiger partial charge in [-0.15, -0.1) is 0 Å². The highest BCUT2D eigenvalue weighted by molar-refractivity contribution is 5.20. The minimum atomic E-state index is 0.642. The Balaban J connectivity index is 1.61. The van der Waals surface area contributed by atoms with Gasteiger partial charge in [0.15, 0.2) is 0 Å². The summed E-state index contributed by atoms with van der Waals surface area (Å²) in [5.41, 5.74) is 2.28. The lowest BCUT2D eigenvalue weighted by molar-refractivity contribution is 0.181. The van der Waals surface area contributed by atoms with Crippen LogP contribution < -0.4 is 10.6 Å². The summed E-state index contributed by atoms with van der Waals surface area (Å²) in [6.07, 6.45) is 9.54. The smallest absolute Gasteiger partial charge is 0.138 e. The first kappa shape index (κ1) is 15.0. The highest BCUT2D eigenvalue weighted by Gasteiger charge is 2.32. The van der Waals surface area contributed by atoms with Crippen LogP contribution in [0.1, 0.15) is 62.0 Å². The van der Waals surface area contributed by atoms with E-state index in [9.17, 15) is 0 Å². The molecular formula is C17H29N3O. The Hall–Kier alpha value is -0.870. The first-order chi connectivity index (χ1) is 10.3. The van der Waals surface area contributed by atoms with Crippen molar-refractivity contribution in [3.63, 3.8) is 0 Å². The topological polar surface area (TPSA) is 50.1 Å². The van der Waals surface area contributed by atoms with Gasteiger partial charge in [0.05, 0.1) is 5.69 Å². The molecule has 4 nitrogen and oxygen atoms in total. The number of piperidine rings is 1. The third kappa shape index (κ3) is 3.49. The maximum atomic E-state index is 5.28. The average Bonchev–Trinajstić information content (AvgIpc) is 2.85. The number of hydrogen-bond donors (Lipinski definition) is 2. The molecule has 1 aliphatic carbocycles. The van der Waals surface area contributed by atoms with E-state index in [0.717, 1.165) is 30.0 Å². The summed E-state index contributed by atoms with van der Waals surface area (Å²) in [6.45, 7) is 6.15. The lowest BCUT2D eigenvalue weighted by Gasteiger charge is -2.40. The van der Waals surface area contributed by atoms with Crippen molar-refractivity contribution in [2.45, 2.75) is 77.4 Å². The van der Waals surface area contributed by atoms with Crippen LogP contribution in [0.5, 0.6) is 0 Å². The van der Waals surface area contributed by atoms with Gasteiger partial charge in [0, 0.05) is 24.2 Å². The molecule has 3 atom stereocenters. The molecule has 1 aromatic rings. The maximum absolute atomic E-state index is 5.28. The van der Waals surface area contributed by atoms with Crippen molar-refractivity contribution in [2.75, 3.05) is 6.54 Å². The van der Waals surface area contributed by atoms with Crippen LogP contribution in [-0.4, -0.2) is 23.8 Å². The molecule has 0 bridgehead atoms. The molecule has 1 aromatic heterocycles. The third-order valence-electron chi connectivity index (χ3n) is 5.41. The average molecular weight is 291 g/mol. The second-order valence-electron chi connectivity index (χ2n) is 6.79. The lowest BCUT2D eigenvalue weighted by Crippen LogP contribution is -2.50. The monoisotopic (exact) mass is 291 g/mol. The lowest BCUT2D eigenvalue weighted by atomic mass is 9.77. The quantitative estimate of drug-likeness (QED) is 0.895.